The molecule has 1 aromatic heterocycles. The number of thioether (sulfide) groups is 1. The van der Waals surface area contributed by atoms with Crippen LogP contribution in [-0.2, 0) is 11.8 Å². The van der Waals surface area contributed by atoms with E-state index in [2.05, 4.69) is 36.7 Å². The lowest BCUT2D eigenvalue weighted by Gasteiger charge is -2.04. The van der Waals surface area contributed by atoms with Gasteiger partial charge in [0.15, 0.2) is 11.0 Å². The number of hydrogen-bond acceptors (Lipinski definition) is 5. The van der Waals surface area contributed by atoms with Crippen molar-refractivity contribution < 1.29 is 4.79 Å². The van der Waals surface area contributed by atoms with Gasteiger partial charge in [0.05, 0.1) is 12.0 Å². The molecule has 1 amide bonds. The SMILES string of the molecule is Cn1c(SCC(=O)NN=Cc2ccc(Br)cc2)nnc1-c1cccc(Cl)c1. The summed E-state index contributed by atoms with van der Waals surface area (Å²) >= 11 is 10.7. The van der Waals surface area contributed by atoms with Crippen LogP contribution in [0.3, 0.4) is 0 Å². The third-order valence-electron chi connectivity index (χ3n) is 3.52. The van der Waals surface area contributed by atoms with Crippen LogP contribution in [0.25, 0.3) is 11.4 Å². The zero-order valence-electron chi connectivity index (χ0n) is 14.3. The Labute approximate surface area is 174 Å². The Kier molecular flexibility index (Phi) is 6.65. The van der Waals surface area contributed by atoms with E-state index in [1.165, 1.54) is 11.8 Å². The summed E-state index contributed by atoms with van der Waals surface area (Å²) in [5.41, 5.74) is 4.27. The number of carbonyl (C=O) groups is 1. The largest absolute Gasteiger partial charge is 0.305 e. The summed E-state index contributed by atoms with van der Waals surface area (Å²) < 4.78 is 2.82. The number of amides is 1. The highest BCUT2D eigenvalue weighted by Gasteiger charge is 2.13. The monoisotopic (exact) mass is 463 g/mol. The van der Waals surface area contributed by atoms with Crippen molar-refractivity contribution in [1.82, 2.24) is 20.2 Å². The first kappa shape index (κ1) is 19.6. The molecule has 0 unspecified atom stereocenters. The van der Waals surface area contributed by atoms with Gasteiger partial charge in [0.25, 0.3) is 5.91 Å². The van der Waals surface area contributed by atoms with Crippen LogP contribution >= 0.6 is 39.3 Å². The van der Waals surface area contributed by atoms with Crippen LogP contribution < -0.4 is 5.43 Å². The molecule has 9 heteroatoms. The topological polar surface area (TPSA) is 72.2 Å². The fraction of sp³-hybridized carbons (Fsp3) is 0.111. The number of rotatable bonds is 6. The van der Waals surface area contributed by atoms with E-state index in [9.17, 15) is 4.79 Å². The zero-order valence-corrected chi connectivity index (χ0v) is 17.4. The fourth-order valence-electron chi connectivity index (χ4n) is 2.21. The molecular weight excluding hydrogens is 450 g/mol. The van der Waals surface area contributed by atoms with Crippen molar-refractivity contribution in [1.29, 1.82) is 0 Å². The summed E-state index contributed by atoms with van der Waals surface area (Å²) in [7, 11) is 1.85. The second-order valence-corrected chi connectivity index (χ2v) is 7.80. The summed E-state index contributed by atoms with van der Waals surface area (Å²) in [6.07, 6.45) is 1.59. The molecule has 0 bridgehead atoms. The van der Waals surface area contributed by atoms with Crippen LogP contribution in [0.5, 0.6) is 0 Å². The molecule has 27 heavy (non-hydrogen) atoms. The lowest BCUT2D eigenvalue weighted by Crippen LogP contribution is -2.19. The van der Waals surface area contributed by atoms with Gasteiger partial charge in [-0.1, -0.05) is 63.6 Å². The Balaban J connectivity index is 1.55. The van der Waals surface area contributed by atoms with E-state index in [1.807, 2.05) is 54.1 Å². The molecule has 3 aromatic rings. The van der Waals surface area contributed by atoms with E-state index in [0.29, 0.717) is 16.0 Å². The normalized spacial score (nSPS) is 11.1. The van der Waals surface area contributed by atoms with Crippen molar-refractivity contribution in [3.63, 3.8) is 0 Å². The van der Waals surface area contributed by atoms with Gasteiger partial charge in [-0.2, -0.15) is 5.10 Å². The average Bonchev–Trinajstić information content (AvgIpc) is 3.02. The van der Waals surface area contributed by atoms with Crippen LogP contribution in [0.4, 0.5) is 0 Å². The predicted octanol–water partition coefficient (Wildman–Crippen LogP) is 4.14. The van der Waals surface area contributed by atoms with E-state index >= 15 is 0 Å². The number of nitrogens with zero attached hydrogens (tertiary/aromatic N) is 4. The van der Waals surface area contributed by atoms with Crippen molar-refractivity contribution in [2.24, 2.45) is 12.1 Å². The fourth-order valence-corrected chi connectivity index (χ4v) is 3.37. The van der Waals surface area contributed by atoms with Crippen molar-refractivity contribution in [3.8, 4) is 11.4 Å². The van der Waals surface area contributed by atoms with E-state index in [4.69, 9.17) is 11.6 Å². The first-order valence-corrected chi connectivity index (χ1v) is 10.0. The molecule has 2 aromatic carbocycles. The highest BCUT2D eigenvalue weighted by Crippen LogP contribution is 2.24. The molecule has 0 saturated carbocycles. The van der Waals surface area contributed by atoms with Gasteiger partial charge in [-0.3, -0.25) is 4.79 Å². The molecule has 0 aliphatic rings. The highest BCUT2D eigenvalue weighted by atomic mass is 79.9. The van der Waals surface area contributed by atoms with Crippen LogP contribution in [0, 0.1) is 0 Å². The Morgan fingerprint density at radius 3 is 2.81 bits per heavy atom. The number of hydrazone groups is 1. The van der Waals surface area contributed by atoms with E-state index in [-0.39, 0.29) is 11.7 Å². The van der Waals surface area contributed by atoms with Gasteiger partial charge >= 0.3 is 0 Å². The molecule has 138 valence electrons. The smallest absolute Gasteiger partial charge is 0.250 e. The molecule has 0 aliphatic heterocycles. The summed E-state index contributed by atoms with van der Waals surface area (Å²) in [6.45, 7) is 0. The summed E-state index contributed by atoms with van der Waals surface area (Å²) in [4.78, 5) is 12.0. The summed E-state index contributed by atoms with van der Waals surface area (Å²) in [5.74, 6) is 0.647. The van der Waals surface area contributed by atoms with Crippen LogP contribution in [0.2, 0.25) is 5.02 Å². The molecule has 0 aliphatic carbocycles. The molecule has 0 saturated heterocycles. The number of carbonyl (C=O) groups excluding carboxylic acids is 1. The number of benzene rings is 2. The second-order valence-electron chi connectivity index (χ2n) is 5.51. The van der Waals surface area contributed by atoms with Crippen molar-refractivity contribution in [2.75, 3.05) is 5.75 Å². The molecule has 3 rings (SSSR count). The van der Waals surface area contributed by atoms with Gasteiger partial charge in [0, 0.05) is 22.1 Å². The summed E-state index contributed by atoms with van der Waals surface area (Å²) in [5, 5.41) is 13.5. The minimum Gasteiger partial charge on any atom is -0.305 e. The standard InChI is InChI=1S/C18H15BrClN5OS/c1-25-17(13-3-2-4-15(20)9-13)23-24-18(25)27-11-16(26)22-21-10-12-5-7-14(19)8-6-12/h2-10H,11H2,1H3,(H,22,26). The third kappa shape index (κ3) is 5.41. The predicted molar refractivity (Wildman–Crippen MR) is 112 cm³/mol. The minimum absolute atomic E-state index is 0.180. The zero-order chi connectivity index (χ0) is 19.2. The molecule has 0 spiro atoms. The van der Waals surface area contributed by atoms with E-state index in [0.717, 1.165) is 15.6 Å². The molecule has 0 atom stereocenters. The quantitative estimate of drug-likeness (QED) is 0.338. The molecule has 1 N–H and O–H groups in total. The van der Waals surface area contributed by atoms with Gasteiger partial charge in [0.2, 0.25) is 0 Å². The van der Waals surface area contributed by atoms with Gasteiger partial charge in [-0.05, 0) is 29.8 Å². The number of hydrogen-bond donors (Lipinski definition) is 1. The van der Waals surface area contributed by atoms with Crippen LogP contribution in [0.15, 0.2) is 63.3 Å². The van der Waals surface area contributed by atoms with Gasteiger partial charge < -0.3 is 4.57 Å². The van der Waals surface area contributed by atoms with Crippen molar-refractivity contribution in [3.05, 3.63) is 63.6 Å². The van der Waals surface area contributed by atoms with Crippen LogP contribution in [0.1, 0.15) is 5.56 Å². The Morgan fingerprint density at radius 2 is 2.07 bits per heavy atom. The van der Waals surface area contributed by atoms with E-state index in [1.54, 1.807) is 12.3 Å². The van der Waals surface area contributed by atoms with Gasteiger partial charge in [0.1, 0.15) is 0 Å². The number of halogens is 2. The lowest BCUT2D eigenvalue weighted by molar-refractivity contribution is -0.118. The molecular formula is C18H15BrClN5OS. The number of aromatic nitrogens is 3. The number of nitrogens with one attached hydrogen (secondary N) is 1. The van der Waals surface area contributed by atoms with Crippen molar-refractivity contribution in [2.45, 2.75) is 5.16 Å². The molecule has 0 radical (unpaired) electrons. The first-order chi connectivity index (χ1) is 13.0. The molecule has 6 nitrogen and oxygen atoms in total. The third-order valence-corrected chi connectivity index (χ3v) is 5.31. The lowest BCUT2D eigenvalue weighted by atomic mass is 10.2. The Bertz CT molecular complexity index is 974. The maximum atomic E-state index is 12.0. The Morgan fingerprint density at radius 1 is 1.30 bits per heavy atom. The molecule has 0 fully saturated rings. The first-order valence-electron chi connectivity index (χ1n) is 7.88. The average molecular weight is 465 g/mol. The summed E-state index contributed by atoms with van der Waals surface area (Å²) in [6, 6.07) is 15.0. The highest BCUT2D eigenvalue weighted by molar-refractivity contribution is 9.10. The maximum absolute atomic E-state index is 12.0. The van der Waals surface area contributed by atoms with Crippen molar-refractivity contribution >= 4 is 51.4 Å². The minimum atomic E-state index is -0.222. The van der Waals surface area contributed by atoms with Gasteiger partial charge in [-0.25, -0.2) is 5.43 Å². The van der Waals surface area contributed by atoms with E-state index < -0.39 is 0 Å². The maximum Gasteiger partial charge on any atom is 0.250 e. The van der Waals surface area contributed by atoms with Crippen LogP contribution in [-0.4, -0.2) is 32.6 Å². The molecule has 1 heterocycles. The van der Waals surface area contributed by atoms with Gasteiger partial charge in [-0.15, -0.1) is 10.2 Å². The Hall–Kier alpha value is -2.16. The second kappa shape index (κ2) is 9.16.